The van der Waals surface area contributed by atoms with Gasteiger partial charge >= 0.3 is 0 Å². The molecule has 2 aromatic rings. The minimum atomic E-state index is -3.58. The number of nitrogens with zero attached hydrogens (tertiary/aromatic N) is 1. The second-order valence-electron chi connectivity index (χ2n) is 7.53. The number of hydrogen-bond donors (Lipinski definition) is 1. The Labute approximate surface area is 197 Å². The number of likely N-dealkylation sites (tertiary alicyclic amines) is 1. The minimum Gasteiger partial charge on any atom is -0.496 e. The first-order chi connectivity index (χ1) is 15.7. The highest BCUT2D eigenvalue weighted by molar-refractivity contribution is 7.94. The van der Waals surface area contributed by atoms with E-state index in [4.69, 9.17) is 16.3 Å². The number of methoxy groups -OCH3 is 1. The van der Waals surface area contributed by atoms with Gasteiger partial charge in [-0.15, -0.1) is 0 Å². The third-order valence-corrected chi connectivity index (χ3v) is 7.00. The van der Waals surface area contributed by atoms with Gasteiger partial charge in [-0.1, -0.05) is 17.7 Å². The third-order valence-electron chi connectivity index (χ3n) is 5.27. The van der Waals surface area contributed by atoms with Crippen molar-refractivity contribution in [1.29, 1.82) is 0 Å². The van der Waals surface area contributed by atoms with E-state index in [9.17, 15) is 22.4 Å². The molecule has 3 rings (SSSR count). The van der Waals surface area contributed by atoms with Crippen LogP contribution in [0.4, 0.5) is 4.39 Å². The van der Waals surface area contributed by atoms with Crippen molar-refractivity contribution in [2.75, 3.05) is 26.7 Å². The summed E-state index contributed by atoms with van der Waals surface area (Å²) in [7, 11) is -2.18. The van der Waals surface area contributed by atoms with Gasteiger partial charge in [0.25, 0.3) is 5.91 Å². The first-order valence-corrected chi connectivity index (χ1v) is 12.2. The summed E-state index contributed by atoms with van der Waals surface area (Å²) in [6, 6.07) is 9.59. The number of carbonyl (C=O) groups excluding carboxylic acids is 2. The van der Waals surface area contributed by atoms with Crippen molar-refractivity contribution in [1.82, 2.24) is 10.2 Å². The van der Waals surface area contributed by atoms with Gasteiger partial charge in [0.05, 0.1) is 23.5 Å². The van der Waals surface area contributed by atoms with Gasteiger partial charge in [0.1, 0.15) is 11.6 Å². The highest BCUT2D eigenvalue weighted by atomic mass is 35.5. The molecule has 0 aromatic heterocycles. The fourth-order valence-corrected chi connectivity index (χ4v) is 4.69. The standard InChI is InChI=1S/C23H24ClFN2O5S/c1-32-21-9-6-18(25)14-20(21)23(29)27-12-10-16(15-27)22(28)26-11-2-3-13-33(30,31)19-7-4-17(24)5-8-19/h3-9,13-14,16H,2,10-12,15H2,1H3,(H,26,28)/b13-3+/t16-/m0/s1. The molecule has 0 aliphatic carbocycles. The Morgan fingerprint density at radius 3 is 2.67 bits per heavy atom. The lowest BCUT2D eigenvalue weighted by Crippen LogP contribution is -2.35. The first-order valence-electron chi connectivity index (χ1n) is 10.3. The predicted octanol–water partition coefficient (Wildman–Crippen LogP) is 3.44. The van der Waals surface area contributed by atoms with Crippen LogP contribution < -0.4 is 10.1 Å². The van der Waals surface area contributed by atoms with Gasteiger partial charge in [-0.2, -0.15) is 0 Å². The Balaban J connectivity index is 1.48. The largest absolute Gasteiger partial charge is 0.496 e. The summed E-state index contributed by atoms with van der Waals surface area (Å²) < 4.78 is 43.2. The summed E-state index contributed by atoms with van der Waals surface area (Å²) >= 11 is 5.77. The van der Waals surface area contributed by atoms with Crippen LogP contribution in [0, 0.1) is 11.7 Å². The van der Waals surface area contributed by atoms with Crippen molar-refractivity contribution in [3.8, 4) is 5.75 Å². The lowest BCUT2D eigenvalue weighted by atomic mass is 10.1. The molecule has 33 heavy (non-hydrogen) atoms. The van der Waals surface area contributed by atoms with E-state index in [1.807, 2.05) is 0 Å². The highest BCUT2D eigenvalue weighted by Gasteiger charge is 2.32. The van der Waals surface area contributed by atoms with Crippen molar-refractivity contribution in [2.24, 2.45) is 5.92 Å². The molecule has 1 saturated heterocycles. The maximum atomic E-state index is 13.6. The number of ether oxygens (including phenoxy) is 1. The van der Waals surface area contributed by atoms with E-state index >= 15 is 0 Å². The molecule has 1 N–H and O–H groups in total. The number of benzene rings is 2. The van der Waals surface area contributed by atoms with Crippen LogP contribution in [0.2, 0.25) is 5.02 Å². The maximum Gasteiger partial charge on any atom is 0.257 e. The fraction of sp³-hybridized carbons (Fsp3) is 0.304. The van der Waals surface area contributed by atoms with Gasteiger partial charge in [0.15, 0.2) is 9.84 Å². The van der Waals surface area contributed by atoms with E-state index in [-0.39, 0.29) is 35.2 Å². The smallest absolute Gasteiger partial charge is 0.257 e. The molecule has 1 atom stereocenters. The monoisotopic (exact) mass is 494 g/mol. The van der Waals surface area contributed by atoms with Crippen LogP contribution in [-0.4, -0.2) is 51.9 Å². The van der Waals surface area contributed by atoms with Crippen molar-refractivity contribution in [3.63, 3.8) is 0 Å². The van der Waals surface area contributed by atoms with E-state index in [2.05, 4.69) is 5.32 Å². The van der Waals surface area contributed by atoms with Gasteiger partial charge < -0.3 is 15.0 Å². The first kappa shape index (κ1) is 24.7. The molecule has 7 nitrogen and oxygen atoms in total. The van der Waals surface area contributed by atoms with Crippen molar-refractivity contribution >= 4 is 33.3 Å². The lowest BCUT2D eigenvalue weighted by molar-refractivity contribution is -0.124. The number of rotatable bonds is 8. The molecule has 10 heteroatoms. The fourth-order valence-electron chi connectivity index (χ4n) is 3.50. The average molecular weight is 495 g/mol. The van der Waals surface area contributed by atoms with Crippen molar-refractivity contribution in [3.05, 3.63) is 70.4 Å². The van der Waals surface area contributed by atoms with E-state index in [0.717, 1.165) is 11.5 Å². The summed E-state index contributed by atoms with van der Waals surface area (Å²) in [4.78, 5) is 26.8. The van der Waals surface area contributed by atoms with Crippen LogP contribution in [-0.2, 0) is 14.6 Å². The van der Waals surface area contributed by atoms with Crippen LogP contribution in [0.1, 0.15) is 23.2 Å². The van der Waals surface area contributed by atoms with E-state index in [1.54, 1.807) is 0 Å². The summed E-state index contributed by atoms with van der Waals surface area (Å²) in [6.07, 6.45) is 2.29. The molecule has 2 amide bonds. The molecule has 1 heterocycles. The van der Waals surface area contributed by atoms with Gasteiger partial charge in [-0.3, -0.25) is 9.59 Å². The number of nitrogens with one attached hydrogen (secondary N) is 1. The molecule has 2 aromatic carbocycles. The Bertz CT molecular complexity index is 1150. The average Bonchev–Trinajstić information content (AvgIpc) is 3.29. The van der Waals surface area contributed by atoms with Gasteiger partial charge in [0.2, 0.25) is 5.91 Å². The molecule has 1 aliphatic rings. The van der Waals surface area contributed by atoms with Gasteiger partial charge in [-0.05, 0) is 55.3 Å². The number of amides is 2. The van der Waals surface area contributed by atoms with Crippen LogP contribution in [0.15, 0.2) is 58.8 Å². The Morgan fingerprint density at radius 2 is 1.97 bits per heavy atom. The van der Waals surface area contributed by atoms with Crippen LogP contribution in [0.3, 0.4) is 0 Å². The van der Waals surface area contributed by atoms with Gasteiger partial charge in [0, 0.05) is 30.1 Å². The van der Waals surface area contributed by atoms with Crippen LogP contribution in [0.25, 0.3) is 0 Å². The minimum absolute atomic E-state index is 0.116. The van der Waals surface area contributed by atoms with Crippen molar-refractivity contribution in [2.45, 2.75) is 17.7 Å². The van der Waals surface area contributed by atoms with E-state index in [0.29, 0.717) is 24.4 Å². The van der Waals surface area contributed by atoms with E-state index < -0.39 is 27.5 Å². The Hall–Kier alpha value is -2.91. The number of carbonyl (C=O) groups is 2. The van der Waals surface area contributed by atoms with Crippen molar-refractivity contribution < 1.29 is 27.1 Å². The summed E-state index contributed by atoms with van der Waals surface area (Å²) in [6.45, 7) is 0.842. The second kappa shape index (κ2) is 10.8. The zero-order valence-electron chi connectivity index (χ0n) is 18.0. The molecule has 176 valence electrons. The molecule has 0 spiro atoms. The Kier molecular flexibility index (Phi) is 8.10. The quantitative estimate of drug-likeness (QED) is 0.567. The third kappa shape index (κ3) is 6.33. The number of sulfone groups is 1. The number of hydrogen-bond acceptors (Lipinski definition) is 5. The second-order valence-corrected chi connectivity index (χ2v) is 9.80. The maximum absolute atomic E-state index is 13.6. The topological polar surface area (TPSA) is 92.8 Å². The number of halogens is 2. The molecule has 0 bridgehead atoms. The molecule has 1 aliphatic heterocycles. The summed E-state index contributed by atoms with van der Waals surface area (Å²) in [5.74, 6) is -1.27. The summed E-state index contributed by atoms with van der Waals surface area (Å²) in [5, 5.41) is 4.31. The normalized spacial score (nSPS) is 16.2. The molecule has 0 unspecified atom stereocenters. The summed E-state index contributed by atoms with van der Waals surface area (Å²) in [5.41, 5.74) is 0.116. The van der Waals surface area contributed by atoms with Crippen LogP contribution >= 0.6 is 11.6 Å². The SMILES string of the molecule is COc1ccc(F)cc1C(=O)N1CC[C@H](C(=O)NCC/C=C/S(=O)(=O)c2ccc(Cl)cc2)C1. The molecular formula is C23H24ClFN2O5S. The molecule has 0 saturated carbocycles. The molecule has 0 radical (unpaired) electrons. The van der Waals surface area contributed by atoms with Crippen LogP contribution in [0.5, 0.6) is 5.75 Å². The lowest BCUT2D eigenvalue weighted by Gasteiger charge is -2.18. The zero-order valence-corrected chi connectivity index (χ0v) is 19.5. The highest BCUT2D eigenvalue weighted by Crippen LogP contribution is 2.25. The zero-order chi connectivity index (χ0) is 24.0. The predicted molar refractivity (Wildman–Crippen MR) is 122 cm³/mol. The molecular weight excluding hydrogens is 471 g/mol. The van der Waals surface area contributed by atoms with E-state index in [1.165, 1.54) is 54.5 Å². The van der Waals surface area contributed by atoms with Gasteiger partial charge in [-0.25, -0.2) is 12.8 Å². The Morgan fingerprint density at radius 1 is 1.24 bits per heavy atom. The molecule has 1 fully saturated rings.